The van der Waals surface area contributed by atoms with Crippen molar-refractivity contribution in [2.45, 2.75) is 50.8 Å². The molecule has 5 aromatic rings. The van der Waals surface area contributed by atoms with Crippen molar-refractivity contribution in [3.63, 3.8) is 0 Å². The zero-order chi connectivity index (χ0) is 33.6. The maximum absolute atomic E-state index is 13.2. The lowest BCUT2D eigenvalue weighted by atomic mass is 9.76. The van der Waals surface area contributed by atoms with Crippen LogP contribution < -0.4 is 5.32 Å². The zero-order valence-electron chi connectivity index (χ0n) is 27.8. The number of hydrogen-bond acceptors (Lipinski definition) is 7. The van der Waals surface area contributed by atoms with Gasteiger partial charge in [0.05, 0.1) is 31.1 Å². The number of carbonyl (C=O) groups is 1. The molecule has 0 aliphatic carbocycles. The largest absolute Gasteiger partial charge is 0.444 e. The molecular weight excluding hydrogens is 600 g/mol. The first kappa shape index (κ1) is 32.7. The molecule has 1 fully saturated rings. The number of amides is 1. The molecule has 9 heteroatoms. The lowest BCUT2D eigenvalue weighted by Crippen LogP contribution is -2.51. The smallest absolute Gasteiger partial charge is 0.410 e. The average Bonchev–Trinajstić information content (AvgIpc) is 3.53. The summed E-state index contributed by atoms with van der Waals surface area (Å²) in [6.07, 6.45) is 4.44. The van der Waals surface area contributed by atoms with E-state index in [1.807, 2.05) is 39.0 Å². The van der Waals surface area contributed by atoms with Crippen LogP contribution in [0.25, 0.3) is 11.0 Å². The third-order valence-electron chi connectivity index (χ3n) is 8.66. The Morgan fingerprint density at radius 1 is 0.896 bits per heavy atom. The van der Waals surface area contributed by atoms with Crippen molar-refractivity contribution in [1.82, 2.24) is 19.4 Å². The van der Waals surface area contributed by atoms with Crippen LogP contribution in [-0.2, 0) is 15.0 Å². The Hall–Kier alpha value is -5.20. The van der Waals surface area contributed by atoms with E-state index in [1.54, 1.807) is 11.2 Å². The second-order valence-corrected chi connectivity index (χ2v) is 13.3. The molecule has 48 heavy (non-hydrogen) atoms. The number of aromatic nitrogens is 3. The van der Waals surface area contributed by atoms with Crippen molar-refractivity contribution < 1.29 is 14.3 Å². The van der Waals surface area contributed by atoms with Gasteiger partial charge in [-0.3, -0.25) is 0 Å². The van der Waals surface area contributed by atoms with Gasteiger partial charge in [0.25, 0.3) is 0 Å². The Kier molecular flexibility index (Phi) is 9.74. The van der Waals surface area contributed by atoms with Crippen molar-refractivity contribution in [2.24, 2.45) is 5.92 Å². The van der Waals surface area contributed by atoms with Crippen LogP contribution in [0.1, 0.15) is 50.3 Å². The van der Waals surface area contributed by atoms with Crippen LogP contribution in [0.5, 0.6) is 0 Å². The first-order chi connectivity index (χ1) is 23.3. The number of fused-ring (bicyclic) bond motifs is 1. The number of anilines is 1. The molecule has 1 aliphatic heterocycles. The lowest BCUT2D eigenvalue weighted by Gasteiger charge is -2.39. The van der Waals surface area contributed by atoms with Crippen molar-refractivity contribution >= 4 is 22.9 Å². The van der Waals surface area contributed by atoms with Crippen LogP contribution >= 0.6 is 0 Å². The molecule has 0 radical (unpaired) electrons. The number of rotatable bonds is 10. The molecule has 1 aliphatic rings. The van der Waals surface area contributed by atoms with E-state index in [0.717, 1.165) is 34.1 Å². The highest BCUT2D eigenvalue weighted by atomic mass is 16.6. The fourth-order valence-electron chi connectivity index (χ4n) is 6.76. The highest BCUT2D eigenvalue weighted by molar-refractivity contribution is 5.88. The van der Waals surface area contributed by atoms with Gasteiger partial charge in [0.2, 0.25) is 0 Å². The van der Waals surface area contributed by atoms with Crippen LogP contribution in [0, 0.1) is 17.2 Å². The number of nitrogens with zero attached hydrogens (tertiary/aromatic N) is 5. The van der Waals surface area contributed by atoms with Gasteiger partial charge < -0.3 is 24.3 Å². The Balaban J connectivity index is 1.40. The fourth-order valence-corrected chi connectivity index (χ4v) is 6.76. The summed E-state index contributed by atoms with van der Waals surface area (Å²) in [5.74, 6) is 0.758. The highest BCUT2D eigenvalue weighted by Crippen LogP contribution is 2.43. The summed E-state index contributed by atoms with van der Waals surface area (Å²) in [5, 5.41) is 13.5. The third kappa shape index (κ3) is 6.90. The van der Waals surface area contributed by atoms with Gasteiger partial charge in [0, 0.05) is 31.2 Å². The quantitative estimate of drug-likeness (QED) is 0.126. The number of nitrogens with one attached hydrogen (secondary N) is 1. The summed E-state index contributed by atoms with van der Waals surface area (Å²) >= 11 is 0. The minimum Gasteiger partial charge on any atom is -0.444 e. The normalized spacial score (nSPS) is 16.8. The Labute approximate surface area is 282 Å². The first-order valence-corrected chi connectivity index (χ1v) is 16.5. The molecule has 0 spiro atoms. The predicted octanol–water partition coefficient (Wildman–Crippen LogP) is 7.24. The lowest BCUT2D eigenvalue weighted by molar-refractivity contribution is 0.00610. The minimum absolute atomic E-state index is 0.0614. The average molecular weight is 643 g/mol. The number of piperidine rings is 1. The maximum Gasteiger partial charge on any atom is 0.410 e. The predicted molar refractivity (Wildman–Crippen MR) is 187 cm³/mol. The van der Waals surface area contributed by atoms with Gasteiger partial charge in [0.1, 0.15) is 28.9 Å². The number of likely N-dealkylation sites (tertiary alicyclic amines) is 1. The van der Waals surface area contributed by atoms with Crippen LogP contribution in [-0.4, -0.2) is 63.5 Å². The monoisotopic (exact) mass is 642 g/mol. The van der Waals surface area contributed by atoms with E-state index >= 15 is 0 Å². The van der Waals surface area contributed by atoms with Crippen LogP contribution in [0.2, 0.25) is 0 Å². The van der Waals surface area contributed by atoms with Crippen molar-refractivity contribution in [1.29, 1.82) is 5.26 Å². The molecule has 246 valence electrons. The van der Waals surface area contributed by atoms with E-state index < -0.39 is 11.1 Å². The van der Waals surface area contributed by atoms with Gasteiger partial charge in [0.15, 0.2) is 0 Å². The molecule has 1 N–H and O–H groups in total. The van der Waals surface area contributed by atoms with E-state index in [1.165, 1.54) is 0 Å². The van der Waals surface area contributed by atoms with Gasteiger partial charge in [-0.25, -0.2) is 14.8 Å². The fraction of sp³-hybridized carbons (Fsp3) is 0.333. The number of nitriles is 1. The van der Waals surface area contributed by atoms with Crippen LogP contribution in [0.4, 0.5) is 10.6 Å². The summed E-state index contributed by atoms with van der Waals surface area (Å²) in [6.45, 7) is 7.40. The van der Waals surface area contributed by atoms with Crippen LogP contribution in [0.3, 0.4) is 0 Å². The van der Waals surface area contributed by atoms with E-state index in [2.05, 4.69) is 101 Å². The zero-order valence-corrected chi connectivity index (χ0v) is 27.8. The number of ether oxygens (including phenoxy) is 2. The molecule has 6 rings (SSSR count). The summed E-state index contributed by atoms with van der Waals surface area (Å²) in [4.78, 5) is 24.6. The molecule has 0 unspecified atom stereocenters. The minimum atomic E-state index is -0.721. The summed E-state index contributed by atoms with van der Waals surface area (Å²) in [6, 6.07) is 35.6. The Morgan fingerprint density at radius 3 is 2.06 bits per heavy atom. The molecule has 1 saturated heterocycles. The van der Waals surface area contributed by atoms with E-state index in [9.17, 15) is 4.79 Å². The molecule has 1 amide bonds. The van der Waals surface area contributed by atoms with Crippen molar-refractivity contribution in [3.05, 3.63) is 126 Å². The number of hydrogen-bond donors (Lipinski definition) is 1. The summed E-state index contributed by atoms with van der Waals surface area (Å²) in [7, 11) is 0. The first-order valence-electron chi connectivity index (χ1n) is 16.5. The maximum atomic E-state index is 13.2. The molecule has 0 saturated carbocycles. The van der Waals surface area contributed by atoms with E-state index in [0.29, 0.717) is 38.5 Å². The SMILES string of the molecule is CC(C)(C)OC(=O)N1C[C@@H](COCCC#N)C[C@@H](Nc2ncnc3c2ccn3C(c2ccccc2)(c2ccccc2)c2ccccc2)C1. The third-order valence-corrected chi connectivity index (χ3v) is 8.66. The highest BCUT2D eigenvalue weighted by Gasteiger charge is 2.40. The molecule has 3 heterocycles. The standard InChI is InChI=1S/C39H42N6O3/c1-38(2,3)48-37(46)44-25-29(27-47-23-13-21-40)24-33(26-44)43-35-34-20-22-45(36(34)42-28-41-35)39(30-14-7-4-8-15-30,31-16-9-5-10-17-31)32-18-11-6-12-19-32/h4-12,14-20,22,28-29,33H,13,23-27H2,1-3H3,(H,41,42,43)/t29-,33+/m0/s1. The molecule has 0 bridgehead atoms. The van der Waals surface area contributed by atoms with Gasteiger partial charge in [-0.15, -0.1) is 0 Å². The summed E-state index contributed by atoms with van der Waals surface area (Å²) in [5.41, 5.74) is 2.76. The van der Waals surface area contributed by atoms with Gasteiger partial charge in [-0.05, 0) is 49.9 Å². The molecule has 2 aromatic heterocycles. The number of carbonyl (C=O) groups excluding carboxylic acids is 1. The van der Waals surface area contributed by atoms with E-state index in [-0.39, 0.29) is 18.1 Å². The molecule has 2 atom stereocenters. The van der Waals surface area contributed by atoms with Crippen LogP contribution in [0.15, 0.2) is 110 Å². The molecule has 3 aromatic carbocycles. The van der Waals surface area contributed by atoms with Gasteiger partial charge >= 0.3 is 6.09 Å². The summed E-state index contributed by atoms with van der Waals surface area (Å²) < 4.78 is 13.8. The Bertz CT molecular complexity index is 1750. The van der Waals surface area contributed by atoms with Crippen molar-refractivity contribution in [3.8, 4) is 6.07 Å². The second-order valence-electron chi connectivity index (χ2n) is 13.3. The van der Waals surface area contributed by atoms with Gasteiger partial charge in [-0.2, -0.15) is 5.26 Å². The topological polar surface area (TPSA) is 105 Å². The van der Waals surface area contributed by atoms with Crippen molar-refractivity contribution in [2.75, 3.05) is 31.6 Å². The van der Waals surface area contributed by atoms with E-state index in [4.69, 9.17) is 24.7 Å². The number of benzene rings is 3. The second kappa shape index (κ2) is 14.3. The molecular formula is C39H42N6O3. The molecule has 9 nitrogen and oxygen atoms in total. The van der Waals surface area contributed by atoms with Gasteiger partial charge in [-0.1, -0.05) is 91.0 Å². The Morgan fingerprint density at radius 2 is 1.50 bits per heavy atom.